The SMILES string of the molecule is COc1cc(OC)cc(C(=O)Nc2nc(C(=O)N3CCN(c4ccc(F)cc4)CC3)cs2)c1. The molecule has 4 rings (SSSR count). The topological polar surface area (TPSA) is 84.0 Å². The van der Waals surface area contributed by atoms with Crippen molar-refractivity contribution in [3.05, 3.63) is 64.9 Å². The van der Waals surface area contributed by atoms with Crippen LogP contribution in [-0.2, 0) is 0 Å². The van der Waals surface area contributed by atoms with Crippen molar-refractivity contribution in [2.75, 3.05) is 50.6 Å². The molecule has 33 heavy (non-hydrogen) atoms. The number of halogens is 1. The van der Waals surface area contributed by atoms with Crippen LogP contribution < -0.4 is 19.7 Å². The minimum absolute atomic E-state index is 0.187. The Balaban J connectivity index is 1.37. The standard InChI is InChI=1S/C23H23FN4O4S/c1-31-18-11-15(12-19(13-18)32-2)21(29)26-23-25-20(14-33-23)22(30)28-9-7-27(8-10-28)17-5-3-16(24)4-6-17/h3-6,11-14H,7-10H2,1-2H3,(H,25,26,29). The second-order valence-corrected chi connectivity index (χ2v) is 8.21. The lowest BCUT2D eigenvalue weighted by Gasteiger charge is -2.35. The number of nitrogens with zero attached hydrogens (tertiary/aromatic N) is 3. The second kappa shape index (κ2) is 9.86. The number of nitrogens with one attached hydrogen (secondary N) is 1. The minimum atomic E-state index is -0.381. The zero-order chi connectivity index (χ0) is 23.4. The quantitative estimate of drug-likeness (QED) is 0.594. The van der Waals surface area contributed by atoms with Crippen molar-refractivity contribution < 1.29 is 23.5 Å². The molecule has 1 aliphatic rings. The van der Waals surface area contributed by atoms with Crippen LogP contribution in [0, 0.1) is 5.82 Å². The molecular formula is C23H23FN4O4S. The Morgan fingerprint density at radius 2 is 1.64 bits per heavy atom. The van der Waals surface area contributed by atoms with Gasteiger partial charge in [-0.2, -0.15) is 0 Å². The summed E-state index contributed by atoms with van der Waals surface area (Å²) in [4.78, 5) is 33.7. The van der Waals surface area contributed by atoms with E-state index in [0.717, 1.165) is 5.69 Å². The van der Waals surface area contributed by atoms with E-state index >= 15 is 0 Å². The maximum Gasteiger partial charge on any atom is 0.273 e. The normalized spacial score (nSPS) is 13.5. The van der Waals surface area contributed by atoms with E-state index in [2.05, 4.69) is 15.2 Å². The van der Waals surface area contributed by atoms with Crippen molar-refractivity contribution in [1.82, 2.24) is 9.88 Å². The number of hydrogen-bond acceptors (Lipinski definition) is 7. The number of piperazine rings is 1. The average molecular weight is 471 g/mol. The molecule has 1 aromatic heterocycles. The van der Waals surface area contributed by atoms with Crippen molar-refractivity contribution in [3.8, 4) is 11.5 Å². The van der Waals surface area contributed by atoms with Crippen LogP contribution in [0.5, 0.6) is 11.5 Å². The molecule has 0 bridgehead atoms. The number of benzene rings is 2. The zero-order valence-electron chi connectivity index (χ0n) is 18.2. The summed E-state index contributed by atoms with van der Waals surface area (Å²) < 4.78 is 23.5. The number of rotatable bonds is 6. The fourth-order valence-electron chi connectivity index (χ4n) is 3.52. The Hall–Kier alpha value is -3.66. The van der Waals surface area contributed by atoms with E-state index in [0.29, 0.717) is 48.4 Å². The zero-order valence-corrected chi connectivity index (χ0v) is 19.0. The van der Waals surface area contributed by atoms with Gasteiger partial charge in [-0.15, -0.1) is 11.3 Å². The summed E-state index contributed by atoms with van der Waals surface area (Å²) in [6.07, 6.45) is 0. The van der Waals surface area contributed by atoms with Gasteiger partial charge in [0.15, 0.2) is 5.13 Å². The van der Waals surface area contributed by atoms with Gasteiger partial charge in [0.2, 0.25) is 0 Å². The first-order valence-corrected chi connectivity index (χ1v) is 11.1. The van der Waals surface area contributed by atoms with Crippen molar-refractivity contribution in [2.45, 2.75) is 0 Å². The summed E-state index contributed by atoms with van der Waals surface area (Å²) in [6, 6.07) is 11.2. The summed E-state index contributed by atoms with van der Waals surface area (Å²) in [5.74, 6) is 0.148. The molecule has 0 unspecified atom stereocenters. The van der Waals surface area contributed by atoms with Crippen LogP contribution in [0.15, 0.2) is 47.8 Å². The van der Waals surface area contributed by atoms with Crippen LogP contribution in [0.25, 0.3) is 0 Å². The summed E-state index contributed by atoms with van der Waals surface area (Å²) >= 11 is 1.18. The predicted molar refractivity (Wildman–Crippen MR) is 124 cm³/mol. The Morgan fingerprint density at radius 1 is 1.00 bits per heavy atom. The number of hydrogen-bond donors (Lipinski definition) is 1. The van der Waals surface area contributed by atoms with E-state index in [9.17, 15) is 14.0 Å². The number of amides is 2. The molecule has 172 valence electrons. The third-order valence-corrected chi connectivity index (χ3v) is 6.07. The maximum absolute atomic E-state index is 13.1. The van der Waals surface area contributed by atoms with E-state index in [1.807, 2.05) is 0 Å². The van der Waals surface area contributed by atoms with E-state index in [1.54, 1.807) is 40.6 Å². The first-order chi connectivity index (χ1) is 16.0. The summed E-state index contributed by atoms with van der Waals surface area (Å²) in [5.41, 5.74) is 1.57. The van der Waals surface area contributed by atoms with E-state index < -0.39 is 0 Å². The molecule has 8 nitrogen and oxygen atoms in total. The lowest BCUT2D eigenvalue weighted by molar-refractivity contribution is 0.0741. The molecule has 2 amide bonds. The monoisotopic (exact) mass is 470 g/mol. The molecule has 0 atom stereocenters. The van der Waals surface area contributed by atoms with Crippen molar-refractivity contribution in [1.29, 1.82) is 0 Å². The Morgan fingerprint density at radius 3 is 2.24 bits per heavy atom. The highest BCUT2D eigenvalue weighted by atomic mass is 32.1. The van der Waals surface area contributed by atoms with Gasteiger partial charge in [0.1, 0.15) is 23.0 Å². The third kappa shape index (κ3) is 5.23. The molecule has 0 radical (unpaired) electrons. The van der Waals surface area contributed by atoms with Crippen LogP contribution in [0.3, 0.4) is 0 Å². The lowest BCUT2D eigenvalue weighted by Crippen LogP contribution is -2.48. The average Bonchev–Trinajstić information content (AvgIpc) is 3.32. The summed E-state index contributed by atoms with van der Waals surface area (Å²) in [6.45, 7) is 2.34. The number of aromatic nitrogens is 1. The highest BCUT2D eigenvalue weighted by Crippen LogP contribution is 2.25. The predicted octanol–water partition coefficient (Wildman–Crippen LogP) is 3.51. The van der Waals surface area contributed by atoms with Gasteiger partial charge in [-0.3, -0.25) is 14.9 Å². The highest BCUT2D eigenvalue weighted by Gasteiger charge is 2.24. The number of thiazole rings is 1. The van der Waals surface area contributed by atoms with Crippen LogP contribution in [0.1, 0.15) is 20.8 Å². The second-order valence-electron chi connectivity index (χ2n) is 7.35. The molecule has 0 saturated carbocycles. The van der Waals surface area contributed by atoms with Crippen molar-refractivity contribution >= 4 is 34.0 Å². The Labute approximate surface area is 194 Å². The fourth-order valence-corrected chi connectivity index (χ4v) is 4.20. The smallest absolute Gasteiger partial charge is 0.273 e. The Kier molecular flexibility index (Phi) is 6.74. The number of anilines is 2. The molecular weight excluding hydrogens is 447 g/mol. The van der Waals surface area contributed by atoms with Gasteiger partial charge in [0.25, 0.3) is 11.8 Å². The van der Waals surface area contributed by atoms with Gasteiger partial charge in [-0.25, -0.2) is 9.37 Å². The van der Waals surface area contributed by atoms with Gasteiger partial charge >= 0.3 is 0 Å². The van der Waals surface area contributed by atoms with Gasteiger partial charge < -0.3 is 19.3 Å². The van der Waals surface area contributed by atoms with E-state index in [-0.39, 0.29) is 23.3 Å². The molecule has 3 aromatic rings. The molecule has 10 heteroatoms. The first kappa shape index (κ1) is 22.5. The first-order valence-electron chi connectivity index (χ1n) is 10.3. The van der Waals surface area contributed by atoms with Crippen molar-refractivity contribution in [3.63, 3.8) is 0 Å². The molecule has 1 saturated heterocycles. The van der Waals surface area contributed by atoms with Crippen LogP contribution in [0.2, 0.25) is 0 Å². The molecule has 1 fully saturated rings. The minimum Gasteiger partial charge on any atom is -0.497 e. The molecule has 0 spiro atoms. The van der Waals surface area contributed by atoms with Gasteiger partial charge in [-0.1, -0.05) is 0 Å². The molecule has 2 heterocycles. The lowest BCUT2D eigenvalue weighted by atomic mass is 10.2. The molecule has 0 aliphatic carbocycles. The van der Waals surface area contributed by atoms with Crippen LogP contribution >= 0.6 is 11.3 Å². The molecule has 2 aromatic carbocycles. The van der Waals surface area contributed by atoms with Gasteiger partial charge in [0.05, 0.1) is 14.2 Å². The summed E-state index contributed by atoms with van der Waals surface area (Å²) in [7, 11) is 3.02. The maximum atomic E-state index is 13.1. The fraction of sp³-hybridized carbons (Fsp3) is 0.261. The Bertz CT molecular complexity index is 1120. The van der Waals surface area contributed by atoms with Gasteiger partial charge in [-0.05, 0) is 36.4 Å². The molecule has 1 N–H and O–H groups in total. The van der Waals surface area contributed by atoms with Crippen molar-refractivity contribution in [2.24, 2.45) is 0 Å². The number of methoxy groups -OCH3 is 2. The van der Waals surface area contributed by atoms with E-state index in [1.165, 1.54) is 37.7 Å². The van der Waals surface area contributed by atoms with Crippen LogP contribution in [-0.4, -0.2) is 62.1 Å². The number of ether oxygens (including phenoxy) is 2. The largest absolute Gasteiger partial charge is 0.497 e. The number of carbonyl (C=O) groups excluding carboxylic acids is 2. The molecule has 1 aliphatic heterocycles. The highest BCUT2D eigenvalue weighted by molar-refractivity contribution is 7.14. The van der Waals surface area contributed by atoms with E-state index in [4.69, 9.17) is 9.47 Å². The van der Waals surface area contributed by atoms with Crippen LogP contribution in [0.4, 0.5) is 15.2 Å². The number of carbonyl (C=O) groups is 2. The summed E-state index contributed by atoms with van der Waals surface area (Å²) in [5, 5.41) is 4.68. The van der Waals surface area contributed by atoms with Gasteiger partial charge in [0, 0.05) is 48.9 Å². The third-order valence-electron chi connectivity index (χ3n) is 5.32.